The molecule has 0 bridgehead atoms. The van der Waals surface area contributed by atoms with Crippen molar-refractivity contribution in [3.8, 4) is 0 Å². The maximum atomic E-state index is 6.07. The van der Waals surface area contributed by atoms with Crippen molar-refractivity contribution >= 4 is 0 Å². The summed E-state index contributed by atoms with van der Waals surface area (Å²) in [6.45, 7) is 6.14. The van der Waals surface area contributed by atoms with Crippen molar-refractivity contribution in [2.45, 2.75) is 33.2 Å². The first kappa shape index (κ1) is 12.7. The predicted molar refractivity (Wildman–Crippen MR) is 67.7 cm³/mol. The van der Waals surface area contributed by atoms with Crippen LogP contribution in [0.3, 0.4) is 0 Å². The zero-order valence-corrected chi connectivity index (χ0v) is 10.9. The molecule has 2 aromatic rings. The van der Waals surface area contributed by atoms with Gasteiger partial charge in [0.1, 0.15) is 0 Å². The van der Waals surface area contributed by atoms with Gasteiger partial charge >= 0.3 is 0 Å². The molecule has 0 aliphatic carbocycles. The second kappa shape index (κ2) is 4.86. The van der Waals surface area contributed by atoms with Crippen LogP contribution in [-0.2, 0) is 6.42 Å². The second-order valence-corrected chi connectivity index (χ2v) is 5.42. The topological polar surface area (TPSA) is 77.8 Å². The van der Waals surface area contributed by atoms with E-state index in [2.05, 4.69) is 15.1 Å². The molecule has 18 heavy (non-hydrogen) atoms. The van der Waals surface area contributed by atoms with Gasteiger partial charge < -0.3 is 10.3 Å². The minimum Gasteiger partial charge on any atom is -0.338 e. The van der Waals surface area contributed by atoms with Gasteiger partial charge in [-0.25, -0.2) is 0 Å². The number of aromatic nitrogens is 3. The smallest absolute Gasteiger partial charge is 0.244 e. The van der Waals surface area contributed by atoms with Gasteiger partial charge in [-0.05, 0) is 23.1 Å². The Morgan fingerprint density at radius 1 is 1.28 bits per heavy atom. The molecule has 0 saturated carbocycles. The van der Waals surface area contributed by atoms with E-state index < -0.39 is 0 Å². The number of hydrogen-bond donors (Lipinski definition) is 1. The summed E-state index contributed by atoms with van der Waals surface area (Å²) >= 11 is 0. The lowest BCUT2D eigenvalue weighted by Crippen LogP contribution is -2.26. The van der Waals surface area contributed by atoms with E-state index in [1.165, 1.54) is 0 Å². The maximum Gasteiger partial charge on any atom is 0.244 e. The number of rotatable bonds is 3. The van der Waals surface area contributed by atoms with Crippen molar-refractivity contribution in [3.63, 3.8) is 0 Å². The van der Waals surface area contributed by atoms with E-state index in [4.69, 9.17) is 10.3 Å². The van der Waals surface area contributed by atoms with Crippen molar-refractivity contribution in [3.05, 3.63) is 41.8 Å². The highest BCUT2D eigenvalue weighted by atomic mass is 16.5. The molecule has 0 aliphatic rings. The summed E-state index contributed by atoms with van der Waals surface area (Å²) in [5.74, 6) is 1.14. The Balaban J connectivity index is 2.12. The van der Waals surface area contributed by atoms with Crippen LogP contribution in [0.5, 0.6) is 0 Å². The van der Waals surface area contributed by atoms with E-state index in [9.17, 15) is 0 Å². The molecular formula is C13H18N4O. The van der Waals surface area contributed by atoms with E-state index in [0.29, 0.717) is 18.1 Å². The molecule has 2 heterocycles. The number of nitrogens with zero attached hydrogens (tertiary/aromatic N) is 3. The molecule has 96 valence electrons. The molecule has 0 aromatic carbocycles. The summed E-state index contributed by atoms with van der Waals surface area (Å²) in [4.78, 5) is 8.32. The van der Waals surface area contributed by atoms with Crippen LogP contribution in [0.15, 0.2) is 29.0 Å². The standard InChI is InChI=1S/C13H18N4O/c1-13(2,3)11(14)12-16-10(17-18-12)8-9-4-6-15-7-5-9/h4-7,11H,8,14H2,1-3H3/t11-/m1/s1. The maximum absolute atomic E-state index is 6.07. The van der Waals surface area contributed by atoms with Gasteiger partial charge in [0, 0.05) is 18.8 Å². The van der Waals surface area contributed by atoms with Gasteiger partial charge in [0.25, 0.3) is 0 Å². The van der Waals surface area contributed by atoms with Crippen molar-refractivity contribution in [1.29, 1.82) is 0 Å². The van der Waals surface area contributed by atoms with Gasteiger partial charge in [-0.3, -0.25) is 4.98 Å². The number of hydrogen-bond acceptors (Lipinski definition) is 5. The molecule has 2 rings (SSSR count). The first-order chi connectivity index (χ1) is 8.47. The SMILES string of the molecule is CC(C)(C)[C@H](N)c1nc(Cc2ccncc2)no1. The Labute approximate surface area is 106 Å². The summed E-state index contributed by atoms with van der Waals surface area (Å²) in [6, 6.07) is 3.61. The minimum absolute atomic E-state index is 0.0968. The number of pyridine rings is 1. The Hall–Kier alpha value is -1.75. The third kappa shape index (κ3) is 2.92. The molecule has 0 amide bonds. The fourth-order valence-corrected chi connectivity index (χ4v) is 1.52. The lowest BCUT2D eigenvalue weighted by Gasteiger charge is -2.23. The molecule has 0 saturated heterocycles. The quantitative estimate of drug-likeness (QED) is 0.897. The fourth-order valence-electron chi connectivity index (χ4n) is 1.52. The summed E-state index contributed by atoms with van der Waals surface area (Å²) in [7, 11) is 0. The number of nitrogens with two attached hydrogens (primary N) is 1. The summed E-state index contributed by atoms with van der Waals surface area (Å²) in [6.07, 6.45) is 4.12. The first-order valence-corrected chi connectivity index (χ1v) is 5.94. The third-order valence-corrected chi connectivity index (χ3v) is 2.79. The van der Waals surface area contributed by atoms with Crippen LogP contribution in [0.25, 0.3) is 0 Å². The highest BCUT2D eigenvalue weighted by Gasteiger charge is 2.27. The normalized spacial score (nSPS) is 13.6. The van der Waals surface area contributed by atoms with Crippen molar-refractivity contribution in [2.24, 2.45) is 11.1 Å². The molecule has 1 atom stereocenters. The second-order valence-electron chi connectivity index (χ2n) is 5.42. The average Bonchev–Trinajstić information content (AvgIpc) is 2.76. The van der Waals surface area contributed by atoms with Gasteiger partial charge in [-0.15, -0.1) is 0 Å². The van der Waals surface area contributed by atoms with Crippen molar-refractivity contribution < 1.29 is 4.52 Å². The van der Waals surface area contributed by atoms with Crippen LogP contribution >= 0.6 is 0 Å². The van der Waals surface area contributed by atoms with Crippen LogP contribution in [0.1, 0.15) is 44.1 Å². The van der Waals surface area contributed by atoms with Gasteiger partial charge in [0.2, 0.25) is 5.89 Å². The van der Waals surface area contributed by atoms with E-state index in [1.54, 1.807) is 12.4 Å². The molecule has 2 N–H and O–H groups in total. The van der Waals surface area contributed by atoms with Gasteiger partial charge in [0.05, 0.1) is 6.04 Å². The molecule has 0 fully saturated rings. The van der Waals surface area contributed by atoms with Gasteiger partial charge in [-0.2, -0.15) is 4.98 Å². The van der Waals surface area contributed by atoms with Crippen LogP contribution in [0.4, 0.5) is 0 Å². The third-order valence-electron chi connectivity index (χ3n) is 2.79. The minimum atomic E-state index is -0.254. The molecule has 0 unspecified atom stereocenters. The van der Waals surface area contributed by atoms with Crippen LogP contribution in [-0.4, -0.2) is 15.1 Å². The Bertz CT molecular complexity index is 501. The summed E-state index contributed by atoms with van der Waals surface area (Å²) in [5.41, 5.74) is 7.07. The van der Waals surface area contributed by atoms with Gasteiger partial charge in [0.15, 0.2) is 5.82 Å². The zero-order valence-electron chi connectivity index (χ0n) is 10.9. The molecular weight excluding hydrogens is 228 g/mol. The average molecular weight is 246 g/mol. The van der Waals surface area contributed by atoms with E-state index in [0.717, 1.165) is 5.56 Å². The van der Waals surface area contributed by atoms with Crippen molar-refractivity contribution in [2.75, 3.05) is 0 Å². The molecule has 0 spiro atoms. The van der Waals surface area contributed by atoms with Crippen LogP contribution in [0.2, 0.25) is 0 Å². The van der Waals surface area contributed by atoms with Crippen LogP contribution < -0.4 is 5.73 Å². The van der Waals surface area contributed by atoms with E-state index in [-0.39, 0.29) is 11.5 Å². The molecule has 0 radical (unpaired) electrons. The molecule has 5 heteroatoms. The summed E-state index contributed by atoms with van der Waals surface area (Å²) in [5, 5.41) is 3.96. The molecule has 2 aromatic heterocycles. The molecule has 0 aliphatic heterocycles. The predicted octanol–water partition coefficient (Wildman–Crippen LogP) is 2.10. The Morgan fingerprint density at radius 2 is 1.94 bits per heavy atom. The lowest BCUT2D eigenvalue weighted by molar-refractivity contribution is 0.252. The van der Waals surface area contributed by atoms with Crippen LogP contribution in [0, 0.1) is 5.41 Å². The van der Waals surface area contributed by atoms with E-state index >= 15 is 0 Å². The largest absolute Gasteiger partial charge is 0.338 e. The summed E-state index contributed by atoms with van der Waals surface area (Å²) < 4.78 is 5.22. The Kier molecular flexibility index (Phi) is 3.43. The monoisotopic (exact) mass is 246 g/mol. The zero-order chi connectivity index (χ0) is 13.2. The highest BCUT2D eigenvalue weighted by molar-refractivity contribution is 5.15. The Morgan fingerprint density at radius 3 is 2.56 bits per heavy atom. The first-order valence-electron chi connectivity index (χ1n) is 5.94. The van der Waals surface area contributed by atoms with E-state index in [1.807, 2.05) is 32.9 Å². The van der Waals surface area contributed by atoms with Gasteiger partial charge in [-0.1, -0.05) is 25.9 Å². The molecule has 5 nitrogen and oxygen atoms in total. The highest BCUT2D eigenvalue weighted by Crippen LogP contribution is 2.29. The lowest BCUT2D eigenvalue weighted by atomic mass is 9.87. The van der Waals surface area contributed by atoms with Crippen molar-refractivity contribution in [1.82, 2.24) is 15.1 Å². The fraction of sp³-hybridized carbons (Fsp3) is 0.462.